The number of nitrogens with zero attached hydrogens (tertiary/aromatic N) is 2. The summed E-state index contributed by atoms with van der Waals surface area (Å²) in [6.45, 7) is -1.43. The zero-order chi connectivity index (χ0) is 15.1. The van der Waals surface area contributed by atoms with E-state index in [2.05, 4.69) is 5.10 Å². The van der Waals surface area contributed by atoms with E-state index in [4.69, 9.17) is 0 Å². The molecule has 0 bridgehead atoms. The van der Waals surface area contributed by atoms with Crippen molar-refractivity contribution in [2.24, 2.45) is 0 Å². The van der Waals surface area contributed by atoms with Crippen molar-refractivity contribution in [1.29, 1.82) is 0 Å². The van der Waals surface area contributed by atoms with Gasteiger partial charge in [0.2, 0.25) is 0 Å². The predicted molar refractivity (Wildman–Crippen MR) is 71.1 cm³/mol. The highest BCUT2D eigenvalue weighted by atomic mass is 19.3. The Hall–Kier alpha value is -2.37. The summed E-state index contributed by atoms with van der Waals surface area (Å²) < 4.78 is 53.3. The van der Waals surface area contributed by atoms with Gasteiger partial charge in [0.05, 0.1) is 5.52 Å². The highest BCUT2D eigenvalue weighted by molar-refractivity contribution is 5.94. The van der Waals surface area contributed by atoms with E-state index in [0.717, 1.165) is 0 Å². The van der Waals surface area contributed by atoms with Gasteiger partial charge in [0.25, 0.3) is 0 Å². The summed E-state index contributed by atoms with van der Waals surface area (Å²) in [5.74, 6) is -1.36. The van der Waals surface area contributed by atoms with Crippen LogP contribution in [0.1, 0.15) is 12.1 Å². The van der Waals surface area contributed by atoms with Crippen LogP contribution in [0.4, 0.5) is 17.6 Å². The zero-order valence-corrected chi connectivity index (χ0v) is 10.9. The summed E-state index contributed by atoms with van der Waals surface area (Å²) in [7, 11) is 0. The minimum atomic E-state index is -2.77. The van der Waals surface area contributed by atoms with Gasteiger partial charge >= 0.3 is 6.55 Å². The average molecular weight is 294 g/mol. The van der Waals surface area contributed by atoms with E-state index in [1.807, 2.05) is 0 Å². The van der Waals surface area contributed by atoms with Crippen LogP contribution >= 0.6 is 0 Å². The SMILES string of the molecule is Cc1c(F)cc(-c2cccc3nn(C(F)F)cc23)cc1F. The Kier molecular flexibility index (Phi) is 3.16. The van der Waals surface area contributed by atoms with Gasteiger partial charge in [-0.1, -0.05) is 12.1 Å². The van der Waals surface area contributed by atoms with Crippen molar-refractivity contribution in [2.45, 2.75) is 13.5 Å². The van der Waals surface area contributed by atoms with Crippen LogP contribution < -0.4 is 0 Å². The topological polar surface area (TPSA) is 17.8 Å². The van der Waals surface area contributed by atoms with Gasteiger partial charge in [-0.2, -0.15) is 13.9 Å². The van der Waals surface area contributed by atoms with Crippen molar-refractivity contribution in [3.05, 3.63) is 53.7 Å². The third-order valence-corrected chi connectivity index (χ3v) is 3.36. The number of rotatable bonds is 2. The third kappa shape index (κ3) is 2.26. The number of alkyl halides is 2. The first kappa shape index (κ1) is 13.6. The number of aromatic nitrogens is 2. The smallest absolute Gasteiger partial charge is 0.210 e. The molecular weight excluding hydrogens is 284 g/mol. The van der Waals surface area contributed by atoms with Gasteiger partial charge in [0, 0.05) is 17.1 Å². The van der Waals surface area contributed by atoms with Crippen LogP contribution in [-0.2, 0) is 0 Å². The van der Waals surface area contributed by atoms with Crippen LogP contribution in [0.2, 0.25) is 0 Å². The fourth-order valence-electron chi connectivity index (χ4n) is 2.21. The monoisotopic (exact) mass is 294 g/mol. The molecule has 0 saturated heterocycles. The summed E-state index contributed by atoms with van der Waals surface area (Å²) in [5, 5.41) is 4.16. The molecule has 108 valence electrons. The van der Waals surface area contributed by atoms with Gasteiger partial charge in [0.15, 0.2) is 0 Å². The van der Waals surface area contributed by atoms with Crippen LogP contribution in [0.15, 0.2) is 36.5 Å². The van der Waals surface area contributed by atoms with E-state index < -0.39 is 18.2 Å². The van der Waals surface area contributed by atoms with E-state index in [-0.39, 0.29) is 11.1 Å². The molecule has 0 amide bonds. The van der Waals surface area contributed by atoms with Gasteiger partial charge in [-0.25, -0.2) is 13.5 Å². The molecule has 0 atom stereocenters. The minimum absolute atomic E-state index is 0.0748. The number of fused-ring (bicyclic) bond motifs is 1. The van der Waals surface area contributed by atoms with Crippen LogP contribution in [-0.4, -0.2) is 9.78 Å². The summed E-state index contributed by atoms with van der Waals surface area (Å²) in [5.41, 5.74) is 1.01. The number of halogens is 4. The summed E-state index contributed by atoms with van der Waals surface area (Å²) in [6.07, 6.45) is 1.17. The van der Waals surface area contributed by atoms with Crippen molar-refractivity contribution in [3.63, 3.8) is 0 Å². The maximum atomic E-state index is 13.7. The highest BCUT2D eigenvalue weighted by Gasteiger charge is 2.14. The maximum absolute atomic E-state index is 13.7. The van der Waals surface area contributed by atoms with Gasteiger partial charge in [0.1, 0.15) is 11.6 Å². The molecule has 21 heavy (non-hydrogen) atoms. The molecule has 1 heterocycles. The molecule has 0 unspecified atom stereocenters. The van der Waals surface area contributed by atoms with Crippen molar-refractivity contribution < 1.29 is 17.6 Å². The summed E-state index contributed by atoms with van der Waals surface area (Å²) >= 11 is 0. The Labute approximate surface area is 117 Å². The normalized spacial score (nSPS) is 11.5. The molecule has 6 heteroatoms. The Balaban J connectivity index is 2.25. The van der Waals surface area contributed by atoms with E-state index >= 15 is 0 Å². The number of hydrogen-bond donors (Lipinski definition) is 0. The first-order valence-electron chi connectivity index (χ1n) is 6.19. The minimum Gasteiger partial charge on any atom is -0.210 e. The van der Waals surface area contributed by atoms with Gasteiger partial charge < -0.3 is 0 Å². The second-order valence-electron chi connectivity index (χ2n) is 4.69. The molecule has 0 aliphatic carbocycles. The zero-order valence-electron chi connectivity index (χ0n) is 10.9. The third-order valence-electron chi connectivity index (χ3n) is 3.36. The number of hydrogen-bond acceptors (Lipinski definition) is 1. The lowest BCUT2D eigenvalue weighted by molar-refractivity contribution is 0.0574. The lowest BCUT2D eigenvalue weighted by Gasteiger charge is -2.06. The summed E-state index contributed by atoms with van der Waals surface area (Å²) in [6, 6.07) is 7.16. The molecule has 1 aromatic heterocycles. The fraction of sp³-hybridized carbons (Fsp3) is 0.133. The standard InChI is InChI=1S/C15H10F4N2/c1-8-12(16)5-9(6-13(8)17)10-3-2-4-14-11(10)7-21(20-14)15(18)19/h2-7,15H,1H3. The lowest BCUT2D eigenvalue weighted by atomic mass is 10.0. The quantitative estimate of drug-likeness (QED) is 0.627. The molecular formula is C15H10F4N2. The molecule has 0 fully saturated rings. The summed E-state index contributed by atoms with van der Waals surface area (Å²) in [4.78, 5) is 0. The van der Waals surface area contributed by atoms with Crippen molar-refractivity contribution >= 4 is 10.9 Å². The first-order valence-corrected chi connectivity index (χ1v) is 6.19. The molecule has 2 nitrogen and oxygen atoms in total. The molecule has 0 spiro atoms. The second-order valence-corrected chi connectivity index (χ2v) is 4.69. The van der Waals surface area contributed by atoms with Gasteiger partial charge in [-0.05, 0) is 36.2 Å². The van der Waals surface area contributed by atoms with E-state index in [9.17, 15) is 17.6 Å². The van der Waals surface area contributed by atoms with Crippen LogP contribution in [0.3, 0.4) is 0 Å². The van der Waals surface area contributed by atoms with Crippen LogP contribution in [0.25, 0.3) is 22.0 Å². The van der Waals surface area contributed by atoms with Gasteiger partial charge in [-0.3, -0.25) is 0 Å². The predicted octanol–water partition coefficient (Wildman–Crippen LogP) is 4.69. The molecule has 2 aromatic carbocycles. The maximum Gasteiger partial charge on any atom is 0.333 e. The average Bonchev–Trinajstić information content (AvgIpc) is 2.88. The lowest BCUT2D eigenvalue weighted by Crippen LogP contribution is -1.96. The van der Waals surface area contributed by atoms with E-state index in [1.54, 1.807) is 18.2 Å². The molecule has 0 N–H and O–H groups in total. The molecule has 0 radical (unpaired) electrons. The Morgan fingerprint density at radius 1 is 1.10 bits per heavy atom. The molecule has 0 saturated carbocycles. The van der Waals surface area contributed by atoms with Crippen molar-refractivity contribution in [2.75, 3.05) is 0 Å². The highest BCUT2D eigenvalue weighted by Crippen LogP contribution is 2.31. The Morgan fingerprint density at radius 3 is 2.38 bits per heavy atom. The van der Waals surface area contributed by atoms with Gasteiger partial charge in [-0.15, -0.1) is 0 Å². The van der Waals surface area contributed by atoms with Crippen molar-refractivity contribution in [1.82, 2.24) is 9.78 Å². The fourth-order valence-corrected chi connectivity index (χ4v) is 2.21. The first-order chi connectivity index (χ1) is 9.97. The Bertz CT molecular complexity index is 801. The van der Waals surface area contributed by atoms with Crippen molar-refractivity contribution in [3.8, 4) is 11.1 Å². The molecule has 3 rings (SSSR count). The molecule has 0 aliphatic rings. The van der Waals surface area contributed by atoms with E-state index in [0.29, 0.717) is 21.1 Å². The van der Waals surface area contributed by atoms with Crippen LogP contribution in [0.5, 0.6) is 0 Å². The number of benzene rings is 2. The second kappa shape index (κ2) is 4.87. The largest absolute Gasteiger partial charge is 0.333 e. The Morgan fingerprint density at radius 2 is 1.76 bits per heavy atom. The van der Waals surface area contributed by atoms with E-state index in [1.165, 1.54) is 25.3 Å². The van der Waals surface area contributed by atoms with Crippen LogP contribution in [0, 0.1) is 18.6 Å². The molecule has 0 aliphatic heterocycles. The molecule has 3 aromatic rings.